The minimum Gasteiger partial charge on any atom is -0.375 e. The molecule has 2 aliphatic rings. The van der Waals surface area contributed by atoms with Gasteiger partial charge in [0.2, 0.25) is 0 Å². The zero-order valence-corrected chi connectivity index (χ0v) is 10.6. The third-order valence-electron chi connectivity index (χ3n) is 3.47. The largest absolute Gasteiger partial charge is 0.375 e. The lowest BCUT2D eigenvalue weighted by Gasteiger charge is -2.33. The van der Waals surface area contributed by atoms with Gasteiger partial charge in [-0.15, -0.1) is 12.4 Å². The van der Waals surface area contributed by atoms with Gasteiger partial charge in [-0.3, -0.25) is 4.90 Å². The number of nitrogens with zero attached hydrogens (tertiary/aromatic N) is 1. The Morgan fingerprint density at radius 2 is 2.20 bits per heavy atom. The van der Waals surface area contributed by atoms with Crippen LogP contribution in [-0.2, 0) is 4.74 Å². The molecule has 2 atom stereocenters. The van der Waals surface area contributed by atoms with Gasteiger partial charge in [0.25, 0.3) is 0 Å². The zero-order chi connectivity index (χ0) is 9.97. The summed E-state index contributed by atoms with van der Waals surface area (Å²) in [6, 6.07) is 0.659. The van der Waals surface area contributed by atoms with E-state index in [1.807, 2.05) is 0 Å². The molecule has 0 aromatic carbocycles. The normalized spacial score (nSPS) is 33.0. The number of fused-ring (bicyclic) bond motifs is 1. The fourth-order valence-electron chi connectivity index (χ4n) is 2.47. The Morgan fingerprint density at radius 1 is 1.40 bits per heavy atom. The molecule has 90 valence electrons. The van der Waals surface area contributed by atoms with Crippen LogP contribution in [-0.4, -0.2) is 49.8 Å². The highest BCUT2D eigenvalue weighted by atomic mass is 35.5. The third-order valence-corrected chi connectivity index (χ3v) is 3.47. The van der Waals surface area contributed by atoms with E-state index in [-0.39, 0.29) is 12.4 Å². The molecule has 3 nitrogen and oxygen atoms in total. The summed E-state index contributed by atoms with van der Waals surface area (Å²) < 4.78 is 5.88. The summed E-state index contributed by atoms with van der Waals surface area (Å²) in [5.74, 6) is 0.751. The van der Waals surface area contributed by atoms with Crippen molar-refractivity contribution >= 4 is 12.4 Å². The molecule has 2 aliphatic heterocycles. The van der Waals surface area contributed by atoms with E-state index in [1.165, 1.54) is 13.0 Å². The molecule has 2 fully saturated rings. The summed E-state index contributed by atoms with van der Waals surface area (Å²) in [7, 11) is 0. The van der Waals surface area contributed by atoms with Crippen LogP contribution < -0.4 is 5.32 Å². The highest BCUT2D eigenvalue weighted by molar-refractivity contribution is 5.85. The molecular weight excluding hydrogens is 212 g/mol. The average Bonchev–Trinajstić information content (AvgIpc) is 2.39. The molecule has 0 bridgehead atoms. The van der Waals surface area contributed by atoms with Crippen molar-refractivity contribution < 1.29 is 4.74 Å². The molecule has 15 heavy (non-hydrogen) atoms. The Balaban J connectivity index is 0.00000112. The van der Waals surface area contributed by atoms with Gasteiger partial charge in [-0.2, -0.15) is 0 Å². The van der Waals surface area contributed by atoms with Gasteiger partial charge in [0.1, 0.15) is 0 Å². The molecule has 2 saturated heterocycles. The van der Waals surface area contributed by atoms with E-state index in [2.05, 4.69) is 24.1 Å². The van der Waals surface area contributed by atoms with E-state index in [0.717, 1.165) is 32.2 Å². The Kier molecular flexibility index (Phi) is 5.33. The van der Waals surface area contributed by atoms with Crippen molar-refractivity contribution in [2.24, 2.45) is 5.92 Å². The van der Waals surface area contributed by atoms with Gasteiger partial charge >= 0.3 is 0 Å². The van der Waals surface area contributed by atoms with Crippen LogP contribution in [0.4, 0.5) is 0 Å². The molecule has 0 amide bonds. The van der Waals surface area contributed by atoms with Crippen LogP contribution in [0.5, 0.6) is 0 Å². The van der Waals surface area contributed by atoms with Gasteiger partial charge < -0.3 is 10.1 Å². The van der Waals surface area contributed by atoms with Crippen molar-refractivity contribution in [2.75, 3.05) is 32.8 Å². The third kappa shape index (κ3) is 3.31. The second-order valence-electron chi connectivity index (χ2n) is 4.75. The molecule has 2 heterocycles. The van der Waals surface area contributed by atoms with E-state index in [0.29, 0.717) is 12.1 Å². The van der Waals surface area contributed by atoms with Crippen LogP contribution in [0.25, 0.3) is 0 Å². The highest BCUT2D eigenvalue weighted by Gasteiger charge is 2.30. The maximum Gasteiger partial charge on any atom is 0.0740 e. The first kappa shape index (κ1) is 13.2. The number of halogens is 1. The van der Waals surface area contributed by atoms with Crippen molar-refractivity contribution in [3.63, 3.8) is 0 Å². The Bertz CT molecular complexity index is 189. The SMILES string of the molecule is CC(C)N1CCO[C@H]2CNCC[C@H]2C1.Cl. The Morgan fingerprint density at radius 3 is 2.93 bits per heavy atom. The number of hydrogen-bond acceptors (Lipinski definition) is 3. The van der Waals surface area contributed by atoms with E-state index in [9.17, 15) is 0 Å². The summed E-state index contributed by atoms with van der Waals surface area (Å²) in [4.78, 5) is 2.55. The molecule has 0 saturated carbocycles. The van der Waals surface area contributed by atoms with Gasteiger partial charge in [-0.05, 0) is 26.8 Å². The van der Waals surface area contributed by atoms with Crippen molar-refractivity contribution in [1.82, 2.24) is 10.2 Å². The summed E-state index contributed by atoms with van der Waals surface area (Å²) in [6.07, 6.45) is 1.74. The van der Waals surface area contributed by atoms with Crippen molar-refractivity contribution in [3.8, 4) is 0 Å². The molecule has 4 heteroatoms. The van der Waals surface area contributed by atoms with Crippen LogP contribution in [0, 0.1) is 5.92 Å². The summed E-state index contributed by atoms with van der Waals surface area (Å²) in [5.41, 5.74) is 0. The number of nitrogens with one attached hydrogen (secondary N) is 1. The molecule has 0 aromatic heterocycles. The molecule has 1 N–H and O–H groups in total. The van der Waals surface area contributed by atoms with Crippen LogP contribution in [0.1, 0.15) is 20.3 Å². The smallest absolute Gasteiger partial charge is 0.0740 e. The second kappa shape index (κ2) is 6.04. The fourth-order valence-corrected chi connectivity index (χ4v) is 2.47. The first-order valence-electron chi connectivity index (χ1n) is 5.83. The topological polar surface area (TPSA) is 24.5 Å². The van der Waals surface area contributed by atoms with E-state index in [4.69, 9.17) is 4.74 Å². The predicted molar refractivity (Wildman–Crippen MR) is 64.7 cm³/mol. The van der Waals surface area contributed by atoms with Crippen molar-refractivity contribution in [1.29, 1.82) is 0 Å². The highest BCUT2D eigenvalue weighted by Crippen LogP contribution is 2.21. The fraction of sp³-hybridized carbons (Fsp3) is 1.00. The van der Waals surface area contributed by atoms with Crippen LogP contribution >= 0.6 is 12.4 Å². The van der Waals surface area contributed by atoms with Gasteiger partial charge in [-0.25, -0.2) is 0 Å². The van der Waals surface area contributed by atoms with Crippen LogP contribution in [0.2, 0.25) is 0 Å². The number of rotatable bonds is 1. The lowest BCUT2D eigenvalue weighted by molar-refractivity contribution is 0.0179. The number of piperidine rings is 1. The minimum absolute atomic E-state index is 0. The standard InChI is InChI=1S/C11H22N2O.ClH/c1-9(2)13-5-6-14-11-7-12-4-3-10(11)8-13;/h9-12H,3-8H2,1-2H3;1H/t10-,11-;/m0./s1. The van der Waals surface area contributed by atoms with E-state index in [1.54, 1.807) is 0 Å². The first-order valence-corrected chi connectivity index (χ1v) is 5.83. The van der Waals surface area contributed by atoms with Gasteiger partial charge in [0.15, 0.2) is 0 Å². The van der Waals surface area contributed by atoms with Gasteiger partial charge in [0, 0.05) is 31.6 Å². The van der Waals surface area contributed by atoms with Gasteiger partial charge in [-0.1, -0.05) is 0 Å². The minimum atomic E-state index is 0. The van der Waals surface area contributed by atoms with Crippen LogP contribution in [0.15, 0.2) is 0 Å². The molecule has 0 radical (unpaired) electrons. The maximum absolute atomic E-state index is 5.88. The summed E-state index contributed by atoms with van der Waals surface area (Å²) in [5, 5.41) is 3.41. The summed E-state index contributed by atoms with van der Waals surface area (Å²) >= 11 is 0. The quantitative estimate of drug-likeness (QED) is 0.736. The monoisotopic (exact) mass is 234 g/mol. The van der Waals surface area contributed by atoms with Crippen molar-refractivity contribution in [3.05, 3.63) is 0 Å². The molecule has 2 rings (SSSR count). The van der Waals surface area contributed by atoms with Crippen LogP contribution in [0.3, 0.4) is 0 Å². The maximum atomic E-state index is 5.88. The first-order chi connectivity index (χ1) is 6.77. The molecular formula is C11H23ClN2O. The number of hydrogen-bond donors (Lipinski definition) is 1. The Hall–Kier alpha value is 0.170. The predicted octanol–water partition coefficient (Wildman–Crippen LogP) is 1.13. The van der Waals surface area contributed by atoms with Gasteiger partial charge in [0.05, 0.1) is 12.7 Å². The lowest BCUT2D eigenvalue weighted by atomic mass is 9.94. The lowest BCUT2D eigenvalue weighted by Crippen LogP contribution is -2.45. The molecule has 0 aliphatic carbocycles. The zero-order valence-electron chi connectivity index (χ0n) is 9.74. The van der Waals surface area contributed by atoms with E-state index >= 15 is 0 Å². The van der Waals surface area contributed by atoms with E-state index < -0.39 is 0 Å². The average molecular weight is 235 g/mol. The molecule has 0 aromatic rings. The van der Waals surface area contributed by atoms with Crippen molar-refractivity contribution in [2.45, 2.75) is 32.4 Å². The Labute approximate surface area is 99.0 Å². The summed E-state index contributed by atoms with van der Waals surface area (Å²) in [6.45, 7) is 10.0. The second-order valence-corrected chi connectivity index (χ2v) is 4.75. The molecule has 0 unspecified atom stereocenters. The number of ether oxygens (including phenoxy) is 1. The molecule has 0 spiro atoms.